The van der Waals surface area contributed by atoms with Crippen LogP contribution in [-0.4, -0.2) is 50.1 Å². The number of rotatable bonds is 7. The Morgan fingerprint density at radius 2 is 1.86 bits per heavy atom. The van der Waals surface area contributed by atoms with E-state index in [1.807, 2.05) is 0 Å². The maximum absolute atomic E-state index is 4.66. The highest BCUT2D eigenvalue weighted by Crippen LogP contribution is 2.28. The average Bonchev–Trinajstić information content (AvgIpc) is 3.24. The molecule has 2 fully saturated rings. The molecule has 0 radical (unpaired) electrons. The van der Waals surface area contributed by atoms with Crippen LogP contribution >= 0.6 is 0 Å². The van der Waals surface area contributed by atoms with Crippen molar-refractivity contribution in [3.8, 4) is 0 Å². The van der Waals surface area contributed by atoms with Gasteiger partial charge in [-0.15, -0.1) is 0 Å². The molecule has 4 nitrogen and oxygen atoms in total. The van der Waals surface area contributed by atoms with Crippen molar-refractivity contribution < 1.29 is 0 Å². The van der Waals surface area contributed by atoms with Crippen molar-refractivity contribution in [2.45, 2.75) is 46.5 Å². The summed E-state index contributed by atoms with van der Waals surface area (Å²) >= 11 is 0. The van der Waals surface area contributed by atoms with Gasteiger partial charge in [-0.1, -0.05) is 13.8 Å². The van der Waals surface area contributed by atoms with Crippen molar-refractivity contribution in [1.29, 1.82) is 0 Å². The molecule has 2 atom stereocenters. The van der Waals surface area contributed by atoms with Gasteiger partial charge >= 0.3 is 0 Å². The van der Waals surface area contributed by atoms with E-state index >= 15 is 0 Å². The molecule has 2 N–H and O–H groups in total. The van der Waals surface area contributed by atoms with Crippen molar-refractivity contribution in [2.24, 2.45) is 22.7 Å². The molecule has 4 heteroatoms. The minimum Gasteiger partial charge on any atom is -0.357 e. The minimum absolute atomic E-state index is 0.858. The Balaban J connectivity index is 1.61. The molecular formula is C17H34N4. The molecule has 0 aromatic carbocycles. The maximum Gasteiger partial charge on any atom is 0.191 e. The molecule has 0 spiro atoms. The van der Waals surface area contributed by atoms with E-state index in [-0.39, 0.29) is 0 Å². The zero-order chi connectivity index (χ0) is 15.1. The highest BCUT2D eigenvalue weighted by Gasteiger charge is 2.21. The molecule has 0 bridgehead atoms. The first-order valence-electron chi connectivity index (χ1n) is 8.92. The van der Waals surface area contributed by atoms with Crippen molar-refractivity contribution in [3.63, 3.8) is 0 Å². The van der Waals surface area contributed by atoms with Gasteiger partial charge in [0.25, 0.3) is 0 Å². The Hall–Kier alpha value is -0.770. The topological polar surface area (TPSA) is 39.7 Å². The van der Waals surface area contributed by atoms with Gasteiger partial charge in [-0.3, -0.25) is 4.99 Å². The molecular weight excluding hydrogens is 260 g/mol. The lowest BCUT2D eigenvalue weighted by atomic mass is 9.92. The summed E-state index contributed by atoms with van der Waals surface area (Å²) in [6, 6.07) is 0. The van der Waals surface area contributed by atoms with Gasteiger partial charge in [0.2, 0.25) is 0 Å². The van der Waals surface area contributed by atoms with Gasteiger partial charge in [0, 0.05) is 32.7 Å². The van der Waals surface area contributed by atoms with Crippen molar-refractivity contribution in [3.05, 3.63) is 0 Å². The first kappa shape index (κ1) is 16.6. The fraction of sp³-hybridized carbons (Fsp3) is 0.941. The summed E-state index contributed by atoms with van der Waals surface area (Å²) in [5.74, 6) is 3.58. The van der Waals surface area contributed by atoms with Crippen LogP contribution in [0.4, 0.5) is 0 Å². The Kier molecular flexibility index (Phi) is 6.81. The predicted octanol–water partition coefficient (Wildman–Crippen LogP) is 2.32. The summed E-state index contributed by atoms with van der Waals surface area (Å²) in [6.07, 6.45) is 5.34. The molecule has 122 valence electrons. The largest absolute Gasteiger partial charge is 0.357 e. The quantitative estimate of drug-likeness (QED) is 0.430. The molecule has 0 amide bonds. The predicted molar refractivity (Wildman–Crippen MR) is 90.7 cm³/mol. The van der Waals surface area contributed by atoms with Crippen LogP contribution in [-0.2, 0) is 0 Å². The molecule has 0 aromatic heterocycles. The first-order valence-corrected chi connectivity index (χ1v) is 8.92. The second kappa shape index (κ2) is 8.62. The van der Waals surface area contributed by atoms with E-state index in [2.05, 4.69) is 41.3 Å². The van der Waals surface area contributed by atoms with Gasteiger partial charge in [0.1, 0.15) is 0 Å². The number of nitrogens with zero attached hydrogens (tertiary/aromatic N) is 2. The number of piperidine rings is 1. The Labute approximate surface area is 130 Å². The molecule has 1 aliphatic heterocycles. The molecule has 1 saturated heterocycles. The summed E-state index contributed by atoms with van der Waals surface area (Å²) in [7, 11) is 0. The number of likely N-dealkylation sites (tertiary alicyclic amines) is 1. The summed E-state index contributed by atoms with van der Waals surface area (Å²) in [4.78, 5) is 7.30. The lowest BCUT2D eigenvalue weighted by molar-refractivity contribution is 0.140. The third-order valence-corrected chi connectivity index (χ3v) is 4.44. The first-order chi connectivity index (χ1) is 10.2. The van der Waals surface area contributed by atoms with E-state index in [4.69, 9.17) is 0 Å². The van der Waals surface area contributed by atoms with Crippen LogP contribution in [0, 0.1) is 17.8 Å². The Morgan fingerprint density at radius 3 is 2.48 bits per heavy atom. The van der Waals surface area contributed by atoms with E-state index in [1.165, 1.54) is 45.3 Å². The van der Waals surface area contributed by atoms with Gasteiger partial charge in [0.15, 0.2) is 5.96 Å². The lowest BCUT2D eigenvalue weighted by Crippen LogP contribution is -2.41. The van der Waals surface area contributed by atoms with E-state index in [0.717, 1.165) is 43.3 Å². The molecule has 2 unspecified atom stereocenters. The minimum atomic E-state index is 0.858. The molecule has 1 saturated carbocycles. The van der Waals surface area contributed by atoms with Gasteiger partial charge in [-0.05, 0) is 56.9 Å². The van der Waals surface area contributed by atoms with Crippen LogP contribution in [0.15, 0.2) is 4.99 Å². The van der Waals surface area contributed by atoms with Gasteiger partial charge < -0.3 is 15.5 Å². The van der Waals surface area contributed by atoms with Crippen molar-refractivity contribution in [1.82, 2.24) is 15.5 Å². The summed E-state index contributed by atoms with van der Waals surface area (Å²) in [5, 5.41) is 6.82. The van der Waals surface area contributed by atoms with Gasteiger partial charge in [-0.2, -0.15) is 0 Å². The highest BCUT2D eigenvalue weighted by atomic mass is 15.2. The SMILES string of the molecule is CCNC(=NCC1CC1)NCCCN1CC(C)CC(C)C1. The second-order valence-electron chi connectivity index (χ2n) is 7.15. The molecule has 21 heavy (non-hydrogen) atoms. The molecule has 1 aliphatic carbocycles. The van der Waals surface area contributed by atoms with E-state index in [1.54, 1.807) is 0 Å². The molecule has 0 aromatic rings. The molecule has 2 aliphatic rings. The third-order valence-electron chi connectivity index (χ3n) is 4.44. The number of hydrogen-bond donors (Lipinski definition) is 2. The standard InChI is InChI=1S/C17H34N4/c1-4-18-17(20-11-16-6-7-16)19-8-5-9-21-12-14(2)10-15(3)13-21/h14-16H,4-13H2,1-3H3,(H2,18,19,20). The monoisotopic (exact) mass is 294 g/mol. The van der Waals surface area contributed by atoms with Crippen LogP contribution in [0.2, 0.25) is 0 Å². The highest BCUT2D eigenvalue weighted by molar-refractivity contribution is 5.79. The fourth-order valence-corrected chi connectivity index (χ4v) is 3.35. The second-order valence-corrected chi connectivity index (χ2v) is 7.15. The normalized spacial score (nSPS) is 27.7. The van der Waals surface area contributed by atoms with Crippen LogP contribution in [0.3, 0.4) is 0 Å². The summed E-state index contributed by atoms with van der Waals surface area (Å²) in [5.41, 5.74) is 0. The van der Waals surface area contributed by atoms with E-state index in [9.17, 15) is 0 Å². The third kappa shape index (κ3) is 6.68. The molecule has 2 rings (SSSR count). The van der Waals surface area contributed by atoms with Gasteiger partial charge in [0.05, 0.1) is 0 Å². The van der Waals surface area contributed by atoms with Gasteiger partial charge in [-0.25, -0.2) is 0 Å². The number of nitrogens with one attached hydrogen (secondary N) is 2. The average molecular weight is 294 g/mol. The Morgan fingerprint density at radius 1 is 1.14 bits per heavy atom. The molecule has 1 heterocycles. The summed E-state index contributed by atoms with van der Waals surface area (Å²) < 4.78 is 0. The van der Waals surface area contributed by atoms with E-state index in [0.29, 0.717) is 0 Å². The number of hydrogen-bond acceptors (Lipinski definition) is 2. The maximum atomic E-state index is 4.66. The van der Waals surface area contributed by atoms with Crippen LogP contribution in [0.1, 0.15) is 46.5 Å². The van der Waals surface area contributed by atoms with Crippen LogP contribution in [0.5, 0.6) is 0 Å². The summed E-state index contributed by atoms with van der Waals surface area (Å²) in [6.45, 7) is 13.6. The van der Waals surface area contributed by atoms with E-state index < -0.39 is 0 Å². The van der Waals surface area contributed by atoms with Crippen LogP contribution < -0.4 is 10.6 Å². The zero-order valence-corrected chi connectivity index (χ0v) is 14.2. The number of aliphatic imine (C=N–C) groups is 1. The smallest absolute Gasteiger partial charge is 0.191 e. The lowest BCUT2D eigenvalue weighted by Gasteiger charge is -2.35. The Bertz CT molecular complexity index is 315. The van der Waals surface area contributed by atoms with Crippen LogP contribution in [0.25, 0.3) is 0 Å². The zero-order valence-electron chi connectivity index (χ0n) is 14.2. The van der Waals surface area contributed by atoms with Crippen molar-refractivity contribution >= 4 is 5.96 Å². The number of guanidine groups is 1. The van der Waals surface area contributed by atoms with Crippen molar-refractivity contribution in [2.75, 3.05) is 39.3 Å². The fourth-order valence-electron chi connectivity index (χ4n) is 3.35.